The topological polar surface area (TPSA) is 47.6 Å². The third-order valence-corrected chi connectivity index (χ3v) is 4.43. The first-order chi connectivity index (χ1) is 12.5. The Kier molecular flexibility index (Phi) is 6.84. The smallest absolute Gasteiger partial charge is 0.248 e. The van der Waals surface area contributed by atoms with Gasteiger partial charge < -0.3 is 14.8 Å². The van der Waals surface area contributed by atoms with Crippen LogP contribution in [0.3, 0.4) is 0 Å². The highest BCUT2D eigenvalue weighted by Gasteiger charge is 2.11. The molecule has 2 rings (SSSR count). The zero-order valence-corrected chi connectivity index (χ0v) is 16.2. The monoisotopic (exact) mass is 353 g/mol. The van der Waals surface area contributed by atoms with Crippen molar-refractivity contribution in [3.8, 4) is 11.5 Å². The third-order valence-electron chi connectivity index (χ3n) is 4.43. The summed E-state index contributed by atoms with van der Waals surface area (Å²) in [5, 5.41) is 3.06. The summed E-state index contributed by atoms with van der Waals surface area (Å²) in [4.78, 5) is 12.6. The molecule has 1 amide bonds. The highest BCUT2D eigenvalue weighted by Crippen LogP contribution is 2.30. The average Bonchev–Trinajstić information content (AvgIpc) is 2.67. The molecule has 0 unspecified atom stereocenters. The predicted molar refractivity (Wildman–Crippen MR) is 107 cm³/mol. The highest BCUT2D eigenvalue weighted by atomic mass is 16.5. The van der Waals surface area contributed by atoms with Gasteiger partial charge >= 0.3 is 0 Å². The molecule has 0 saturated heterocycles. The van der Waals surface area contributed by atoms with Gasteiger partial charge in [0.05, 0.1) is 14.2 Å². The first-order valence-corrected chi connectivity index (χ1v) is 8.86. The molecule has 0 aromatic heterocycles. The number of methoxy groups -OCH3 is 2. The van der Waals surface area contributed by atoms with Crippen molar-refractivity contribution >= 4 is 17.2 Å². The SMILES string of the molecule is CCc1cccc(CC)c1NC(=O)/C=C(\C)c1ccc(OC)cc1OC. The van der Waals surface area contributed by atoms with Crippen LogP contribution in [0.25, 0.3) is 5.57 Å². The van der Waals surface area contributed by atoms with Crippen molar-refractivity contribution in [1.82, 2.24) is 0 Å². The van der Waals surface area contributed by atoms with Gasteiger partial charge in [0.25, 0.3) is 0 Å². The van der Waals surface area contributed by atoms with Crippen LogP contribution in [-0.4, -0.2) is 20.1 Å². The lowest BCUT2D eigenvalue weighted by Crippen LogP contribution is -2.12. The van der Waals surface area contributed by atoms with E-state index in [-0.39, 0.29) is 5.91 Å². The Morgan fingerprint density at radius 1 is 1.04 bits per heavy atom. The molecular formula is C22H27NO3. The molecule has 0 heterocycles. The summed E-state index contributed by atoms with van der Waals surface area (Å²) >= 11 is 0. The summed E-state index contributed by atoms with van der Waals surface area (Å²) in [6, 6.07) is 11.7. The fourth-order valence-electron chi connectivity index (χ4n) is 2.96. The minimum Gasteiger partial charge on any atom is -0.497 e. The van der Waals surface area contributed by atoms with Gasteiger partial charge in [0.15, 0.2) is 0 Å². The molecule has 0 bridgehead atoms. The molecule has 0 aliphatic rings. The molecule has 0 radical (unpaired) electrons. The number of hydrogen-bond donors (Lipinski definition) is 1. The summed E-state index contributed by atoms with van der Waals surface area (Å²) in [5.41, 5.74) is 4.90. The van der Waals surface area contributed by atoms with Crippen molar-refractivity contribution in [2.45, 2.75) is 33.6 Å². The standard InChI is InChI=1S/C22H27NO3/c1-6-16-9-8-10-17(7-2)22(16)23-21(24)13-15(3)19-12-11-18(25-4)14-20(19)26-5/h8-14H,6-7H2,1-5H3,(H,23,24)/b15-13+. The average molecular weight is 353 g/mol. The molecule has 2 aromatic rings. The molecule has 0 aliphatic heterocycles. The van der Waals surface area contributed by atoms with Crippen molar-refractivity contribution in [2.24, 2.45) is 0 Å². The lowest BCUT2D eigenvalue weighted by molar-refractivity contribution is -0.111. The zero-order chi connectivity index (χ0) is 19.1. The Bertz CT molecular complexity index is 787. The van der Waals surface area contributed by atoms with Crippen molar-refractivity contribution < 1.29 is 14.3 Å². The maximum Gasteiger partial charge on any atom is 0.248 e. The zero-order valence-electron chi connectivity index (χ0n) is 16.2. The van der Waals surface area contributed by atoms with Crippen LogP contribution in [0.2, 0.25) is 0 Å². The molecular weight excluding hydrogens is 326 g/mol. The maximum absolute atomic E-state index is 12.6. The normalized spacial score (nSPS) is 11.2. The molecule has 0 spiro atoms. The minimum absolute atomic E-state index is 0.143. The minimum atomic E-state index is -0.143. The first-order valence-electron chi connectivity index (χ1n) is 8.86. The molecule has 0 fully saturated rings. The Morgan fingerprint density at radius 3 is 2.23 bits per heavy atom. The molecule has 1 N–H and O–H groups in total. The van der Waals surface area contributed by atoms with Crippen LogP contribution in [0.15, 0.2) is 42.5 Å². The lowest BCUT2D eigenvalue weighted by Gasteiger charge is -2.14. The van der Waals surface area contributed by atoms with E-state index in [1.54, 1.807) is 20.3 Å². The van der Waals surface area contributed by atoms with Gasteiger partial charge in [-0.2, -0.15) is 0 Å². The second-order valence-electron chi connectivity index (χ2n) is 6.04. The number of anilines is 1. The van der Waals surface area contributed by atoms with Gasteiger partial charge in [-0.1, -0.05) is 32.0 Å². The molecule has 0 saturated carbocycles. The Morgan fingerprint density at radius 2 is 1.69 bits per heavy atom. The van der Waals surface area contributed by atoms with Crippen LogP contribution >= 0.6 is 0 Å². The summed E-state index contributed by atoms with van der Waals surface area (Å²) < 4.78 is 10.7. The Balaban J connectivity index is 2.29. The first kappa shape index (κ1) is 19.6. The number of carbonyl (C=O) groups is 1. The Labute approximate surface area is 155 Å². The van der Waals surface area contributed by atoms with Crippen molar-refractivity contribution in [2.75, 3.05) is 19.5 Å². The summed E-state index contributed by atoms with van der Waals surface area (Å²) in [6.07, 6.45) is 3.35. The van der Waals surface area contributed by atoms with Gasteiger partial charge in [-0.05, 0) is 48.6 Å². The van der Waals surface area contributed by atoms with Crippen LogP contribution in [0, 0.1) is 0 Å². The van der Waals surface area contributed by atoms with Gasteiger partial charge in [-0.3, -0.25) is 4.79 Å². The molecule has 0 aliphatic carbocycles. The quantitative estimate of drug-likeness (QED) is 0.722. The summed E-state index contributed by atoms with van der Waals surface area (Å²) in [5.74, 6) is 1.25. The number of allylic oxidation sites excluding steroid dienone is 1. The van der Waals surface area contributed by atoms with E-state index in [1.807, 2.05) is 31.2 Å². The molecule has 4 nitrogen and oxygen atoms in total. The number of para-hydroxylation sites is 1. The number of aryl methyl sites for hydroxylation is 2. The van der Waals surface area contributed by atoms with Gasteiger partial charge in [0, 0.05) is 23.4 Å². The van der Waals surface area contributed by atoms with E-state index < -0.39 is 0 Å². The van der Waals surface area contributed by atoms with Crippen LogP contribution in [0.5, 0.6) is 11.5 Å². The van der Waals surface area contributed by atoms with Crippen LogP contribution in [0.4, 0.5) is 5.69 Å². The van der Waals surface area contributed by atoms with Crippen LogP contribution in [0.1, 0.15) is 37.5 Å². The van der Waals surface area contributed by atoms with Gasteiger partial charge in [-0.15, -0.1) is 0 Å². The fourth-order valence-corrected chi connectivity index (χ4v) is 2.96. The van der Waals surface area contributed by atoms with E-state index in [0.29, 0.717) is 11.5 Å². The van der Waals surface area contributed by atoms with Crippen LogP contribution in [-0.2, 0) is 17.6 Å². The number of ether oxygens (including phenoxy) is 2. The Hall–Kier alpha value is -2.75. The van der Waals surface area contributed by atoms with Gasteiger partial charge in [0.2, 0.25) is 5.91 Å². The van der Waals surface area contributed by atoms with E-state index in [0.717, 1.165) is 40.8 Å². The van der Waals surface area contributed by atoms with E-state index in [1.165, 1.54) is 0 Å². The van der Waals surface area contributed by atoms with Gasteiger partial charge in [-0.25, -0.2) is 0 Å². The molecule has 2 aromatic carbocycles. The summed E-state index contributed by atoms with van der Waals surface area (Å²) in [6.45, 7) is 6.08. The lowest BCUT2D eigenvalue weighted by atomic mass is 10.0. The van der Waals surface area contributed by atoms with E-state index in [2.05, 4.69) is 31.3 Å². The largest absolute Gasteiger partial charge is 0.497 e. The second kappa shape index (κ2) is 9.09. The van der Waals surface area contributed by atoms with Gasteiger partial charge in [0.1, 0.15) is 11.5 Å². The predicted octanol–water partition coefficient (Wildman–Crippen LogP) is 4.87. The molecule has 138 valence electrons. The number of rotatable bonds is 7. The molecule has 4 heteroatoms. The van der Waals surface area contributed by atoms with E-state index in [9.17, 15) is 4.79 Å². The highest BCUT2D eigenvalue weighted by molar-refractivity contribution is 6.05. The van der Waals surface area contributed by atoms with Crippen molar-refractivity contribution in [1.29, 1.82) is 0 Å². The van der Waals surface area contributed by atoms with Crippen molar-refractivity contribution in [3.63, 3.8) is 0 Å². The second-order valence-corrected chi connectivity index (χ2v) is 6.04. The summed E-state index contributed by atoms with van der Waals surface area (Å²) in [7, 11) is 3.22. The maximum atomic E-state index is 12.6. The third kappa shape index (κ3) is 4.45. The van der Waals surface area contributed by atoms with Crippen LogP contribution < -0.4 is 14.8 Å². The fraction of sp³-hybridized carbons (Fsp3) is 0.318. The number of nitrogens with one attached hydrogen (secondary N) is 1. The number of amides is 1. The van der Waals surface area contributed by atoms with E-state index >= 15 is 0 Å². The van der Waals surface area contributed by atoms with E-state index in [4.69, 9.17) is 9.47 Å². The molecule has 0 atom stereocenters. The molecule has 26 heavy (non-hydrogen) atoms. The van der Waals surface area contributed by atoms with Crippen molar-refractivity contribution in [3.05, 3.63) is 59.2 Å². The number of benzene rings is 2. The number of carbonyl (C=O) groups excluding carboxylic acids is 1. The number of hydrogen-bond acceptors (Lipinski definition) is 3.